The van der Waals surface area contributed by atoms with Crippen molar-refractivity contribution in [3.63, 3.8) is 0 Å². The molecule has 2 aromatic heterocycles. The second-order valence-electron chi connectivity index (χ2n) is 8.27. The number of rotatable bonds is 6. The lowest BCUT2D eigenvalue weighted by atomic mass is 9.89. The highest BCUT2D eigenvalue weighted by molar-refractivity contribution is 6.04. The predicted octanol–water partition coefficient (Wildman–Crippen LogP) is 3.01. The smallest absolute Gasteiger partial charge is 0.451 e. The van der Waals surface area contributed by atoms with Crippen LogP contribution in [0.5, 0.6) is 5.75 Å². The first-order chi connectivity index (χ1) is 15.6. The molecule has 9 nitrogen and oxygen atoms in total. The molecule has 1 aliphatic carbocycles. The molecule has 1 fully saturated rings. The van der Waals surface area contributed by atoms with E-state index in [2.05, 4.69) is 25.6 Å². The van der Waals surface area contributed by atoms with E-state index >= 15 is 0 Å². The number of amides is 1. The van der Waals surface area contributed by atoms with Gasteiger partial charge in [-0.05, 0) is 13.8 Å². The Morgan fingerprint density at radius 3 is 2.55 bits per heavy atom. The first-order valence-corrected chi connectivity index (χ1v) is 10.5. The quantitative estimate of drug-likeness (QED) is 0.670. The molecule has 1 amide bonds. The Kier molecular flexibility index (Phi) is 6.04. The Morgan fingerprint density at radius 2 is 1.94 bits per heavy atom. The summed E-state index contributed by atoms with van der Waals surface area (Å²) in [6, 6.07) is 1.51. The maximum Gasteiger partial charge on any atom is 0.451 e. The molecule has 33 heavy (non-hydrogen) atoms. The van der Waals surface area contributed by atoms with Gasteiger partial charge in [-0.1, -0.05) is 0 Å². The Bertz CT molecular complexity index is 1030. The van der Waals surface area contributed by atoms with Crippen molar-refractivity contribution in [2.24, 2.45) is 0 Å². The average Bonchev–Trinajstić information content (AvgIpc) is 2.72. The maximum atomic E-state index is 12.6. The first-order valence-electron chi connectivity index (χ1n) is 10.5. The summed E-state index contributed by atoms with van der Waals surface area (Å²) in [6.45, 7) is 3.67. The fourth-order valence-corrected chi connectivity index (χ4v) is 4.05. The number of likely N-dealkylation sites (N-methyl/N-ethyl adjacent to an activating group) is 1. The van der Waals surface area contributed by atoms with Crippen LogP contribution in [0.4, 0.5) is 30.4 Å². The molecule has 178 valence electrons. The second-order valence-corrected chi connectivity index (χ2v) is 8.27. The summed E-state index contributed by atoms with van der Waals surface area (Å²) in [5.74, 6) is -0.472. The number of methoxy groups -OCH3 is 1. The van der Waals surface area contributed by atoms with Crippen LogP contribution < -0.4 is 20.3 Å². The van der Waals surface area contributed by atoms with Gasteiger partial charge in [-0.2, -0.15) is 13.2 Å². The SMILES string of the molecule is CO[C@H](C)[C@H]1C(=O)Nc2c(cc(NC3CC(Oc4cnc(C(F)(F)F)nc4)C3)nc2C)N1C. The molecule has 0 saturated heterocycles. The first kappa shape index (κ1) is 23.0. The summed E-state index contributed by atoms with van der Waals surface area (Å²) in [5, 5.41) is 6.29. The number of fused-ring (bicyclic) bond motifs is 1. The van der Waals surface area contributed by atoms with Crippen LogP contribution in [0.15, 0.2) is 18.5 Å². The monoisotopic (exact) mass is 466 g/mol. The van der Waals surface area contributed by atoms with Gasteiger partial charge in [0, 0.05) is 39.1 Å². The van der Waals surface area contributed by atoms with Gasteiger partial charge < -0.3 is 25.0 Å². The number of aromatic nitrogens is 3. The van der Waals surface area contributed by atoms with E-state index in [1.165, 1.54) is 0 Å². The second kappa shape index (κ2) is 8.65. The van der Waals surface area contributed by atoms with Crippen molar-refractivity contribution >= 4 is 23.1 Å². The third kappa shape index (κ3) is 4.65. The number of anilines is 3. The van der Waals surface area contributed by atoms with Crippen molar-refractivity contribution in [3.8, 4) is 5.75 Å². The number of nitrogens with one attached hydrogen (secondary N) is 2. The summed E-state index contributed by atoms with van der Waals surface area (Å²) >= 11 is 0. The molecule has 2 aromatic rings. The topological polar surface area (TPSA) is 102 Å². The number of halogens is 3. The minimum atomic E-state index is -4.58. The van der Waals surface area contributed by atoms with E-state index in [0.717, 1.165) is 18.1 Å². The Morgan fingerprint density at radius 1 is 1.27 bits per heavy atom. The van der Waals surface area contributed by atoms with Crippen LogP contribution in [0.2, 0.25) is 0 Å². The van der Waals surface area contributed by atoms with Crippen LogP contribution in [0.25, 0.3) is 0 Å². The lowest BCUT2D eigenvalue weighted by Gasteiger charge is -2.39. The largest absolute Gasteiger partial charge is 0.487 e. The van der Waals surface area contributed by atoms with Crippen LogP contribution in [0, 0.1) is 6.92 Å². The molecule has 3 heterocycles. The van der Waals surface area contributed by atoms with Crippen molar-refractivity contribution in [2.45, 2.75) is 57.2 Å². The lowest BCUT2D eigenvalue weighted by molar-refractivity contribution is -0.145. The molecule has 4 rings (SSSR count). The van der Waals surface area contributed by atoms with Gasteiger partial charge in [-0.3, -0.25) is 4.79 Å². The van der Waals surface area contributed by atoms with Crippen molar-refractivity contribution in [1.29, 1.82) is 0 Å². The number of pyridine rings is 1. The number of hydrogen-bond donors (Lipinski definition) is 2. The average molecular weight is 466 g/mol. The van der Waals surface area contributed by atoms with E-state index in [4.69, 9.17) is 9.47 Å². The van der Waals surface area contributed by atoms with Gasteiger partial charge in [-0.15, -0.1) is 0 Å². The molecule has 0 unspecified atom stereocenters. The van der Waals surface area contributed by atoms with Crippen molar-refractivity contribution < 1.29 is 27.4 Å². The molecule has 0 aromatic carbocycles. The standard InChI is InChI=1S/C21H25F3N6O3/c1-10-17-15(30(3)18(11(2)32-4)19(31)29-17)7-16(27-10)28-12-5-13(6-12)33-14-8-25-20(26-9-14)21(22,23)24/h7-9,11-13,18H,5-6H2,1-4H3,(H,27,28)(H,29,31)/t11-,12?,13?,18+/m1/s1. The molecule has 2 atom stereocenters. The maximum absolute atomic E-state index is 12.6. The summed E-state index contributed by atoms with van der Waals surface area (Å²) in [4.78, 5) is 25.6. The third-order valence-electron chi connectivity index (χ3n) is 5.94. The summed E-state index contributed by atoms with van der Waals surface area (Å²) in [6.07, 6.45) is -1.67. The number of carbonyl (C=O) groups excluding carboxylic acids is 1. The van der Waals surface area contributed by atoms with Crippen LogP contribution in [-0.2, 0) is 15.7 Å². The predicted molar refractivity (Wildman–Crippen MR) is 114 cm³/mol. The van der Waals surface area contributed by atoms with Crippen molar-refractivity contribution in [2.75, 3.05) is 29.7 Å². The number of hydrogen-bond acceptors (Lipinski definition) is 8. The van der Waals surface area contributed by atoms with Crippen molar-refractivity contribution in [1.82, 2.24) is 15.0 Å². The van der Waals surface area contributed by atoms with Gasteiger partial charge in [0.2, 0.25) is 11.7 Å². The van der Waals surface area contributed by atoms with Gasteiger partial charge in [-0.25, -0.2) is 15.0 Å². The lowest BCUT2D eigenvalue weighted by Crippen LogP contribution is -2.52. The number of aryl methyl sites for hydroxylation is 1. The van der Waals surface area contributed by atoms with E-state index < -0.39 is 18.0 Å². The van der Waals surface area contributed by atoms with E-state index in [-0.39, 0.29) is 29.9 Å². The highest BCUT2D eigenvalue weighted by Gasteiger charge is 2.37. The van der Waals surface area contributed by atoms with Gasteiger partial charge >= 0.3 is 6.18 Å². The molecule has 1 aliphatic heterocycles. The zero-order chi connectivity index (χ0) is 23.9. The van der Waals surface area contributed by atoms with Crippen LogP contribution in [-0.4, -0.2) is 59.3 Å². The number of nitrogens with zero attached hydrogens (tertiary/aromatic N) is 4. The minimum absolute atomic E-state index is 0.0903. The van der Waals surface area contributed by atoms with Gasteiger partial charge in [0.15, 0.2) is 5.75 Å². The van der Waals surface area contributed by atoms with Crippen molar-refractivity contribution in [3.05, 3.63) is 30.0 Å². The zero-order valence-electron chi connectivity index (χ0n) is 18.6. The van der Waals surface area contributed by atoms with Crippen LogP contribution >= 0.6 is 0 Å². The zero-order valence-corrected chi connectivity index (χ0v) is 18.6. The molecule has 0 radical (unpaired) electrons. The normalized spacial score (nSPS) is 23.3. The molecule has 0 spiro atoms. The Balaban J connectivity index is 1.38. The number of carbonyl (C=O) groups is 1. The fourth-order valence-electron chi connectivity index (χ4n) is 4.05. The highest BCUT2D eigenvalue weighted by atomic mass is 19.4. The Hall–Kier alpha value is -3.15. The van der Waals surface area contributed by atoms with Crippen LogP contribution in [0.3, 0.4) is 0 Å². The number of alkyl halides is 3. The van der Waals surface area contributed by atoms with Gasteiger partial charge in [0.25, 0.3) is 0 Å². The molecule has 2 aliphatic rings. The van der Waals surface area contributed by atoms with E-state index in [9.17, 15) is 18.0 Å². The molecule has 0 bridgehead atoms. The molecule has 2 N–H and O–H groups in total. The molecular formula is C21H25F3N6O3. The van der Waals surface area contributed by atoms with Crippen LogP contribution in [0.1, 0.15) is 31.3 Å². The summed E-state index contributed by atoms with van der Waals surface area (Å²) in [7, 11) is 3.41. The van der Waals surface area contributed by atoms with E-state index in [1.54, 1.807) is 7.11 Å². The summed E-state index contributed by atoms with van der Waals surface area (Å²) < 4.78 is 48.7. The molecular weight excluding hydrogens is 441 g/mol. The van der Waals surface area contributed by atoms with E-state index in [1.807, 2.05) is 31.9 Å². The molecule has 1 saturated carbocycles. The Labute approximate surface area is 188 Å². The van der Waals surface area contributed by atoms with E-state index in [0.29, 0.717) is 30.0 Å². The summed E-state index contributed by atoms with van der Waals surface area (Å²) in [5.41, 5.74) is 2.20. The molecule has 12 heteroatoms. The third-order valence-corrected chi connectivity index (χ3v) is 5.94. The minimum Gasteiger partial charge on any atom is -0.487 e. The fraction of sp³-hybridized carbons (Fsp3) is 0.524. The van der Waals surface area contributed by atoms with Gasteiger partial charge in [0.1, 0.15) is 18.0 Å². The van der Waals surface area contributed by atoms with Gasteiger partial charge in [0.05, 0.1) is 35.6 Å². The number of ether oxygens (including phenoxy) is 2. The highest BCUT2D eigenvalue weighted by Crippen LogP contribution is 2.37.